The van der Waals surface area contributed by atoms with E-state index in [-0.39, 0.29) is 23.8 Å². The van der Waals surface area contributed by atoms with Gasteiger partial charge in [0, 0.05) is 68.8 Å². The van der Waals surface area contributed by atoms with Gasteiger partial charge in [0.2, 0.25) is 0 Å². The van der Waals surface area contributed by atoms with Crippen LogP contribution in [0.15, 0.2) is 42.5 Å². The van der Waals surface area contributed by atoms with E-state index in [4.69, 9.17) is 16.3 Å². The number of benzene rings is 2. The van der Waals surface area contributed by atoms with Crippen molar-refractivity contribution in [2.45, 2.75) is 58.6 Å². The highest BCUT2D eigenvalue weighted by Gasteiger charge is 2.44. The van der Waals surface area contributed by atoms with Gasteiger partial charge in [0.1, 0.15) is 11.7 Å². The summed E-state index contributed by atoms with van der Waals surface area (Å²) >= 11 is 6.34. The summed E-state index contributed by atoms with van der Waals surface area (Å²) in [4.78, 5) is 34.1. The first-order valence-corrected chi connectivity index (χ1v) is 15.4. The van der Waals surface area contributed by atoms with Crippen LogP contribution in [0.3, 0.4) is 0 Å². The van der Waals surface area contributed by atoms with Crippen LogP contribution in [0.5, 0.6) is 0 Å². The average molecular weight is 592 g/mol. The van der Waals surface area contributed by atoms with E-state index in [1.807, 2.05) is 60.9 Å². The van der Waals surface area contributed by atoms with Crippen LogP contribution in [-0.2, 0) is 9.53 Å². The Morgan fingerprint density at radius 2 is 1.64 bits per heavy atom. The fourth-order valence-corrected chi connectivity index (χ4v) is 6.92. The average Bonchev–Trinajstić information content (AvgIpc) is 3.27. The molecule has 0 unspecified atom stereocenters. The number of rotatable bonds is 5. The molecule has 8 nitrogen and oxygen atoms in total. The minimum Gasteiger partial charge on any atom is -0.459 e. The molecule has 9 heteroatoms. The molecule has 5 rings (SSSR count). The number of nitrogens with zero attached hydrogens (tertiary/aromatic N) is 5. The van der Waals surface area contributed by atoms with Gasteiger partial charge >= 0.3 is 5.97 Å². The molecule has 224 valence electrons. The first-order chi connectivity index (χ1) is 19.9. The van der Waals surface area contributed by atoms with E-state index in [2.05, 4.69) is 34.9 Å². The van der Waals surface area contributed by atoms with E-state index in [9.17, 15) is 14.9 Å². The van der Waals surface area contributed by atoms with E-state index >= 15 is 0 Å². The van der Waals surface area contributed by atoms with Gasteiger partial charge in [-0.05, 0) is 94.8 Å². The number of carbonyl (C=O) groups excluding carboxylic acids is 2. The predicted octanol–water partition coefficient (Wildman–Crippen LogP) is 5.20. The molecule has 3 saturated heterocycles. The van der Waals surface area contributed by atoms with Crippen molar-refractivity contribution in [2.75, 3.05) is 62.2 Å². The Bertz CT molecular complexity index is 1330. The van der Waals surface area contributed by atoms with E-state index in [1.165, 1.54) is 0 Å². The quantitative estimate of drug-likeness (QED) is 0.442. The maximum absolute atomic E-state index is 13.2. The largest absolute Gasteiger partial charge is 0.459 e. The van der Waals surface area contributed by atoms with Gasteiger partial charge in [-0.2, -0.15) is 5.26 Å². The van der Waals surface area contributed by atoms with Gasteiger partial charge in [0.15, 0.2) is 0 Å². The molecule has 2 aromatic carbocycles. The Balaban J connectivity index is 1.12. The van der Waals surface area contributed by atoms with Gasteiger partial charge in [-0.3, -0.25) is 14.5 Å². The van der Waals surface area contributed by atoms with Crippen molar-refractivity contribution in [3.63, 3.8) is 0 Å². The third-order valence-corrected chi connectivity index (χ3v) is 9.22. The summed E-state index contributed by atoms with van der Waals surface area (Å²) in [6.07, 6.45) is 3.38. The zero-order chi connectivity index (χ0) is 30.1. The molecule has 3 fully saturated rings. The van der Waals surface area contributed by atoms with Gasteiger partial charge in [-0.1, -0.05) is 11.6 Å². The monoisotopic (exact) mass is 591 g/mol. The third-order valence-electron chi connectivity index (χ3n) is 8.91. The number of piperazine rings is 1. The number of piperidine rings is 1. The molecule has 3 aliphatic heterocycles. The van der Waals surface area contributed by atoms with E-state index in [1.54, 1.807) is 0 Å². The smallest absolute Gasteiger partial charge is 0.320 e. The number of hydrogen-bond acceptors (Lipinski definition) is 7. The molecular formula is C33H42ClN5O3. The molecule has 1 atom stereocenters. The van der Waals surface area contributed by atoms with E-state index in [0.717, 1.165) is 50.3 Å². The van der Waals surface area contributed by atoms with Crippen LogP contribution in [0.2, 0.25) is 5.02 Å². The maximum Gasteiger partial charge on any atom is 0.320 e. The van der Waals surface area contributed by atoms with Gasteiger partial charge in [0.05, 0.1) is 17.1 Å². The molecule has 2 aromatic rings. The van der Waals surface area contributed by atoms with Crippen molar-refractivity contribution in [1.29, 1.82) is 5.26 Å². The highest BCUT2D eigenvalue weighted by molar-refractivity contribution is 6.32. The minimum atomic E-state index is -0.491. The maximum atomic E-state index is 13.2. The third kappa shape index (κ3) is 6.85. The van der Waals surface area contributed by atoms with E-state index in [0.29, 0.717) is 48.4 Å². The molecule has 0 radical (unpaired) electrons. The van der Waals surface area contributed by atoms with Crippen LogP contribution in [-0.4, -0.2) is 85.7 Å². The van der Waals surface area contributed by atoms with Gasteiger partial charge in [0.25, 0.3) is 5.91 Å². The second kappa shape index (κ2) is 12.1. The molecule has 42 heavy (non-hydrogen) atoms. The lowest BCUT2D eigenvalue weighted by Gasteiger charge is -2.40. The molecule has 3 heterocycles. The lowest BCUT2D eigenvalue weighted by Crippen LogP contribution is -2.50. The zero-order valence-electron chi connectivity index (χ0n) is 25.2. The summed E-state index contributed by atoms with van der Waals surface area (Å²) in [5, 5.41) is 9.73. The van der Waals surface area contributed by atoms with Crippen molar-refractivity contribution in [3.8, 4) is 6.07 Å². The molecule has 0 saturated carbocycles. The number of ether oxygens (including phenoxy) is 1. The summed E-state index contributed by atoms with van der Waals surface area (Å²) in [7, 11) is 0. The Hall–Kier alpha value is -3.28. The molecule has 3 aliphatic rings. The van der Waals surface area contributed by atoms with Crippen molar-refractivity contribution < 1.29 is 14.3 Å². The topological polar surface area (TPSA) is 80.1 Å². The van der Waals surface area contributed by atoms with Crippen molar-refractivity contribution in [1.82, 2.24) is 9.80 Å². The summed E-state index contributed by atoms with van der Waals surface area (Å²) in [5.74, 6) is -0.184. The Morgan fingerprint density at radius 3 is 2.24 bits per heavy atom. The first kappa shape index (κ1) is 30.2. The second-order valence-electron chi connectivity index (χ2n) is 13.1. The Kier molecular flexibility index (Phi) is 8.73. The summed E-state index contributed by atoms with van der Waals surface area (Å²) in [6, 6.07) is 16.4. The summed E-state index contributed by atoms with van der Waals surface area (Å²) in [6.45, 7) is 13.6. The van der Waals surface area contributed by atoms with Crippen molar-refractivity contribution in [2.24, 2.45) is 5.41 Å². The standard InChI is InChI=1S/C33H42ClN5O3/c1-24-20-33(23-39(24)28-10-7-26(21-35)29(34)19-28)11-13-37(14-12-33)27-8-5-25(6-9-27)31(41)38-17-15-36(16-18-38)22-30(40)42-32(2,3)4/h5-10,19,24H,11-18,20,22-23H2,1-4H3/t24-/m0/s1. The molecule has 0 N–H and O–H groups in total. The van der Waals surface area contributed by atoms with Crippen LogP contribution in [0, 0.1) is 16.7 Å². The van der Waals surface area contributed by atoms with Crippen molar-refractivity contribution >= 4 is 34.9 Å². The van der Waals surface area contributed by atoms with Crippen LogP contribution in [0.4, 0.5) is 11.4 Å². The second-order valence-corrected chi connectivity index (χ2v) is 13.6. The van der Waals surface area contributed by atoms with Crippen LogP contribution in [0.1, 0.15) is 62.9 Å². The Morgan fingerprint density at radius 1 is 1.00 bits per heavy atom. The van der Waals surface area contributed by atoms with Crippen LogP contribution < -0.4 is 9.80 Å². The zero-order valence-corrected chi connectivity index (χ0v) is 26.0. The lowest BCUT2D eigenvalue weighted by molar-refractivity contribution is -0.156. The summed E-state index contributed by atoms with van der Waals surface area (Å²) in [5.41, 5.74) is 3.25. The number of hydrogen-bond donors (Lipinski definition) is 0. The van der Waals surface area contributed by atoms with Gasteiger partial charge in [-0.25, -0.2) is 0 Å². The molecule has 0 aromatic heterocycles. The van der Waals surface area contributed by atoms with Gasteiger partial charge in [-0.15, -0.1) is 0 Å². The molecule has 1 amide bonds. The number of halogens is 1. The Labute approximate surface area is 254 Å². The molecule has 1 spiro atoms. The first-order valence-electron chi connectivity index (χ1n) is 15.0. The fraction of sp³-hybridized carbons (Fsp3) is 0.545. The SMILES string of the molecule is C[C@H]1CC2(CCN(c3ccc(C(=O)N4CCN(CC(=O)OC(C)(C)C)CC4)cc3)CC2)CN1c1ccc(C#N)c(Cl)c1. The highest BCUT2D eigenvalue weighted by atomic mass is 35.5. The van der Waals surface area contributed by atoms with Crippen LogP contribution >= 0.6 is 11.6 Å². The highest BCUT2D eigenvalue weighted by Crippen LogP contribution is 2.46. The van der Waals surface area contributed by atoms with Crippen molar-refractivity contribution in [3.05, 3.63) is 58.6 Å². The van der Waals surface area contributed by atoms with Gasteiger partial charge < -0.3 is 19.4 Å². The fourth-order valence-electron chi connectivity index (χ4n) is 6.70. The number of esters is 1. The predicted molar refractivity (Wildman–Crippen MR) is 166 cm³/mol. The van der Waals surface area contributed by atoms with Crippen LogP contribution in [0.25, 0.3) is 0 Å². The summed E-state index contributed by atoms with van der Waals surface area (Å²) < 4.78 is 5.43. The minimum absolute atomic E-state index is 0.0407. The normalized spacial score (nSPS) is 21.0. The molecule has 0 bridgehead atoms. The number of amides is 1. The number of carbonyl (C=O) groups is 2. The molecule has 0 aliphatic carbocycles. The van der Waals surface area contributed by atoms with E-state index < -0.39 is 5.60 Å². The lowest BCUT2D eigenvalue weighted by atomic mass is 9.76. The number of anilines is 2. The molecular weight excluding hydrogens is 550 g/mol. The number of nitriles is 1.